The molecule has 0 unspecified atom stereocenters. The van der Waals surface area contributed by atoms with E-state index in [2.05, 4.69) is 0 Å². The summed E-state index contributed by atoms with van der Waals surface area (Å²) in [5.74, 6) is 1.21. The zero-order chi connectivity index (χ0) is 14.7. The van der Waals surface area contributed by atoms with Gasteiger partial charge in [0.05, 0.1) is 15.1 Å². The van der Waals surface area contributed by atoms with Crippen LogP contribution in [0, 0.1) is 6.92 Å². The van der Waals surface area contributed by atoms with Crippen LogP contribution >= 0.6 is 34.8 Å². The van der Waals surface area contributed by atoms with Gasteiger partial charge in [0.15, 0.2) is 0 Å². The lowest BCUT2D eigenvalue weighted by molar-refractivity contribution is 0.478. The van der Waals surface area contributed by atoms with E-state index in [0.717, 1.165) is 23.3 Å². The van der Waals surface area contributed by atoms with E-state index in [4.69, 9.17) is 45.3 Å². The Kier molecular flexibility index (Phi) is 5.17. The molecule has 0 bridgehead atoms. The first-order valence-electron chi connectivity index (χ1n) is 6.13. The van der Waals surface area contributed by atoms with E-state index in [1.54, 1.807) is 12.1 Å². The van der Waals surface area contributed by atoms with Gasteiger partial charge in [-0.15, -0.1) is 0 Å². The van der Waals surface area contributed by atoms with Crippen molar-refractivity contribution in [3.8, 4) is 11.5 Å². The summed E-state index contributed by atoms with van der Waals surface area (Å²) in [6.07, 6.45) is 0.797. The summed E-state index contributed by atoms with van der Waals surface area (Å²) in [6, 6.07) is 9.17. The molecule has 0 aliphatic rings. The smallest absolute Gasteiger partial charge is 0.147 e. The highest BCUT2D eigenvalue weighted by molar-refractivity contribution is 6.43. The lowest BCUT2D eigenvalue weighted by Crippen LogP contribution is -2.03. The average molecular weight is 331 g/mol. The van der Waals surface area contributed by atoms with Gasteiger partial charge in [0.25, 0.3) is 0 Å². The maximum Gasteiger partial charge on any atom is 0.147 e. The molecule has 2 aromatic rings. The Morgan fingerprint density at radius 2 is 1.65 bits per heavy atom. The molecular weight excluding hydrogens is 317 g/mol. The van der Waals surface area contributed by atoms with Gasteiger partial charge in [-0.3, -0.25) is 0 Å². The normalized spacial score (nSPS) is 10.7. The van der Waals surface area contributed by atoms with Crippen molar-refractivity contribution >= 4 is 34.8 Å². The number of rotatable bonds is 4. The van der Waals surface area contributed by atoms with Gasteiger partial charge in [-0.05, 0) is 43.1 Å². The first-order chi connectivity index (χ1) is 9.51. The fourth-order valence-electron chi connectivity index (χ4n) is 1.78. The highest BCUT2D eigenvalue weighted by atomic mass is 35.5. The minimum atomic E-state index is 0.401. The van der Waals surface area contributed by atoms with Crippen LogP contribution in [-0.2, 0) is 6.42 Å². The molecule has 2 nitrogen and oxygen atoms in total. The van der Waals surface area contributed by atoms with Gasteiger partial charge in [-0.25, -0.2) is 0 Å². The molecule has 106 valence electrons. The number of hydrogen-bond acceptors (Lipinski definition) is 2. The molecule has 0 atom stereocenters. The third kappa shape index (κ3) is 3.58. The summed E-state index contributed by atoms with van der Waals surface area (Å²) < 4.78 is 5.85. The van der Waals surface area contributed by atoms with Crippen molar-refractivity contribution in [3.05, 3.63) is 56.5 Å². The molecule has 5 heteroatoms. The van der Waals surface area contributed by atoms with Crippen molar-refractivity contribution in [1.82, 2.24) is 0 Å². The zero-order valence-corrected chi connectivity index (χ0v) is 13.2. The molecule has 0 spiro atoms. The zero-order valence-electron chi connectivity index (χ0n) is 10.9. The maximum absolute atomic E-state index is 6.12. The lowest BCUT2D eigenvalue weighted by atomic mass is 10.1. The number of ether oxygens (including phenoxy) is 1. The minimum absolute atomic E-state index is 0.401. The Balaban J connectivity index is 2.34. The van der Waals surface area contributed by atoms with E-state index in [0.29, 0.717) is 27.4 Å². The fraction of sp³-hybridized carbons (Fsp3) is 0.200. The SMILES string of the molecule is Cc1ccc(CCN)cc1Oc1cc(Cl)c(Cl)cc1Cl. The van der Waals surface area contributed by atoms with Gasteiger partial charge in [-0.2, -0.15) is 0 Å². The maximum atomic E-state index is 6.12. The molecular formula is C15H14Cl3NO. The van der Waals surface area contributed by atoms with Crippen LogP contribution in [0.4, 0.5) is 0 Å². The summed E-state index contributed by atoms with van der Waals surface area (Å²) in [5, 5.41) is 1.22. The third-order valence-corrected chi connectivity index (χ3v) is 3.90. The van der Waals surface area contributed by atoms with Crippen LogP contribution in [0.3, 0.4) is 0 Å². The van der Waals surface area contributed by atoms with E-state index in [-0.39, 0.29) is 0 Å². The quantitative estimate of drug-likeness (QED) is 0.777. The minimum Gasteiger partial charge on any atom is -0.455 e. The van der Waals surface area contributed by atoms with E-state index < -0.39 is 0 Å². The molecule has 0 saturated heterocycles. The summed E-state index contributed by atoms with van der Waals surface area (Å²) in [5.41, 5.74) is 7.69. The first-order valence-corrected chi connectivity index (χ1v) is 7.26. The largest absolute Gasteiger partial charge is 0.455 e. The number of nitrogens with two attached hydrogens (primary N) is 1. The van der Waals surface area contributed by atoms with Crippen molar-refractivity contribution < 1.29 is 4.74 Å². The number of benzene rings is 2. The Morgan fingerprint density at radius 1 is 0.950 bits per heavy atom. The van der Waals surface area contributed by atoms with Crippen molar-refractivity contribution in [3.63, 3.8) is 0 Å². The van der Waals surface area contributed by atoms with Crippen LogP contribution in [-0.4, -0.2) is 6.54 Å². The molecule has 2 aromatic carbocycles. The Hall–Kier alpha value is -0.930. The van der Waals surface area contributed by atoms with Crippen LogP contribution < -0.4 is 10.5 Å². The highest BCUT2D eigenvalue weighted by Crippen LogP contribution is 2.37. The summed E-state index contributed by atoms with van der Waals surface area (Å²) >= 11 is 18.0. The summed E-state index contributed by atoms with van der Waals surface area (Å²) in [7, 11) is 0. The third-order valence-electron chi connectivity index (χ3n) is 2.88. The van der Waals surface area contributed by atoms with Crippen molar-refractivity contribution in [1.29, 1.82) is 0 Å². The van der Waals surface area contributed by atoms with Gasteiger partial charge in [-0.1, -0.05) is 46.9 Å². The average Bonchev–Trinajstić information content (AvgIpc) is 2.40. The van der Waals surface area contributed by atoms with E-state index in [1.165, 1.54) is 0 Å². The molecule has 2 rings (SSSR count). The van der Waals surface area contributed by atoms with Gasteiger partial charge in [0.2, 0.25) is 0 Å². The second kappa shape index (κ2) is 6.68. The molecule has 0 heterocycles. The van der Waals surface area contributed by atoms with E-state index >= 15 is 0 Å². The molecule has 20 heavy (non-hydrogen) atoms. The Labute approximate surface area is 133 Å². The standard InChI is InChI=1S/C15H14Cl3NO/c1-9-2-3-10(4-5-19)6-14(9)20-15-8-12(17)11(16)7-13(15)18/h2-3,6-8H,4-5,19H2,1H3. The van der Waals surface area contributed by atoms with Gasteiger partial charge >= 0.3 is 0 Å². The number of aryl methyl sites for hydroxylation is 1. The van der Waals surface area contributed by atoms with E-state index in [9.17, 15) is 0 Å². The van der Waals surface area contributed by atoms with Crippen molar-refractivity contribution in [2.75, 3.05) is 6.54 Å². The van der Waals surface area contributed by atoms with Crippen LogP contribution in [0.15, 0.2) is 30.3 Å². The summed E-state index contributed by atoms with van der Waals surface area (Å²) in [4.78, 5) is 0. The number of halogens is 3. The second-order valence-electron chi connectivity index (χ2n) is 4.44. The molecule has 0 saturated carbocycles. The summed E-state index contributed by atoms with van der Waals surface area (Å²) in [6.45, 7) is 2.56. The molecule has 0 aliphatic heterocycles. The lowest BCUT2D eigenvalue weighted by Gasteiger charge is -2.12. The van der Waals surface area contributed by atoms with Gasteiger partial charge < -0.3 is 10.5 Å². The van der Waals surface area contributed by atoms with Crippen LogP contribution in [0.1, 0.15) is 11.1 Å². The molecule has 0 aromatic heterocycles. The van der Waals surface area contributed by atoms with Crippen LogP contribution in [0.25, 0.3) is 0 Å². The topological polar surface area (TPSA) is 35.2 Å². The monoisotopic (exact) mass is 329 g/mol. The Morgan fingerprint density at radius 3 is 2.35 bits per heavy atom. The van der Waals surface area contributed by atoms with Crippen molar-refractivity contribution in [2.45, 2.75) is 13.3 Å². The predicted molar refractivity (Wildman–Crippen MR) is 85.5 cm³/mol. The molecule has 0 fully saturated rings. The molecule has 0 aliphatic carbocycles. The van der Waals surface area contributed by atoms with Crippen LogP contribution in [0.5, 0.6) is 11.5 Å². The predicted octanol–water partition coefficient (Wildman–Crippen LogP) is 5.25. The second-order valence-corrected chi connectivity index (χ2v) is 5.66. The highest BCUT2D eigenvalue weighted by Gasteiger charge is 2.10. The first kappa shape index (κ1) is 15.5. The fourth-order valence-corrected chi connectivity index (χ4v) is 2.35. The van der Waals surface area contributed by atoms with Gasteiger partial charge in [0.1, 0.15) is 11.5 Å². The van der Waals surface area contributed by atoms with Crippen molar-refractivity contribution in [2.24, 2.45) is 5.73 Å². The Bertz CT molecular complexity index is 629. The number of hydrogen-bond donors (Lipinski definition) is 1. The van der Waals surface area contributed by atoms with Crippen LogP contribution in [0.2, 0.25) is 15.1 Å². The molecule has 0 radical (unpaired) electrons. The molecule has 0 amide bonds. The van der Waals surface area contributed by atoms with E-state index in [1.807, 2.05) is 25.1 Å². The molecule has 2 N–H and O–H groups in total. The van der Waals surface area contributed by atoms with Gasteiger partial charge in [0, 0.05) is 6.07 Å².